The number of nitrogen functional groups attached to an aromatic ring is 1. The minimum absolute atomic E-state index is 0.235. The second-order valence-corrected chi connectivity index (χ2v) is 3.71. The highest BCUT2D eigenvalue weighted by atomic mass is 19.4. The molecule has 0 atom stereocenters. The molecule has 0 aliphatic heterocycles. The minimum atomic E-state index is -4.32. The van der Waals surface area contributed by atoms with Gasteiger partial charge in [-0.3, -0.25) is 0 Å². The van der Waals surface area contributed by atoms with E-state index in [0.717, 1.165) is 12.1 Å². The molecule has 0 spiro atoms. The first-order valence-corrected chi connectivity index (χ1v) is 4.86. The van der Waals surface area contributed by atoms with Gasteiger partial charge in [0.2, 0.25) is 0 Å². The second-order valence-electron chi connectivity index (χ2n) is 3.71. The van der Waals surface area contributed by atoms with Gasteiger partial charge in [-0.25, -0.2) is 4.98 Å². The van der Waals surface area contributed by atoms with Gasteiger partial charge in [-0.1, -0.05) is 6.07 Å². The summed E-state index contributed by atoms with van der Waals surface area (Å²) < 4.78 is 37.4. The molecule has 2 aromatic rings. The van der Waals surface area contributed by atoms with Crippen LogP contribution in [0, 0.1) is 6.92 Å². The number of benzene rings is 1. The topological polar surface area (TPSA) is 54.7 Å². The zero-order valence-corrected chi connectivity index (χ0v) is 8.97. The summed E-state index contributed by atoms with van der Waals surface area (Å²) >= 11 is 0. The number of nitrogens with zero attached hydrogens (tertiary/aromatic N) is 1. The van der Waals surface area contributed by atoms with Crippen LogP contribution in [-0.4, -0.2) is 9.97 Å². The molecule has 3 N–H and O–H groups in total. The van der Waals surface area contributed by atoms with Gasteiger partial charge in [0.15, 0.2) is 5.95 Å². The normalized spacial score (nSPS) is 11.8. The molecule has 3 nitrogen and oxygen atoms in total. The van der Waals surface area contributed by atoms with Crippen molar-refractivity contribution in [3.63, 3.8) is 0 Å². The van der Waals surface area contributed by atoms with Crippen molar-refractivity contribution in [2.45, 2.75) is 13.1 Å². The second kappa shape index (κ2) is 3.80. The summed E-state index contributed by atoms with van der Waals surface area (Å²) in [5.41, 5.74) is 6.53. The highest BCUT2D eigenvalue weighted by molar-refractivity contribution is 5.64. The first kappa shape index (κ1) is 11.5. The fraction of sp³-hybridized carbons (Fsp3) is 0.182. The fourth-order valence-electron chi connectivity index (χ4n) is 1.62. The van der Waals surface area contributed by atoms with Crippen LogP contribution >= 0.6 is 0 Å². The summed E-state index contributed by atoms with van der Waals surface area (Å²) in [5.74, 6) is 0.235. The number of nitrogens with one attached hydrogen (secondary N) is 1. The molecule has 0 saturated carbocycles. The lowest BCUT2D eigenvalue weighted by molar-refractivity contribution is -0.137. The Morgan fingerprint density at radius 2 is 2.00 bits per heavy atom. The summed E-state index contributed by atoms with van der Waals surface area (Å²) in [4.78, 5) is 6.58. The molecule has 0 aliphatic carbocycles. The van der Waals surface area contributed by atoms with E-state index in [9.17, 15) is 13.2 Å². The van der Waals surface area contributed by atoms with E-state index < -0.39 is 11.7 Å². The number of alkyl halides is 3. The van der Waals surface area contributed by atoms with E-state index in [-0.39, 0.29) is 5.95 Å². The largest absolute Gasteiger partial charge is 0.416 e. The zero-order valence-electron chi connectivity index (χ0n) is 8.97. The number of nitrogens with two attached hydrogens (primary N) is 1. The Hall–Kier alpha value is -1.98. The summed E-state index contributed by atoms with van der Waals surface area (Å²) in [5, 5.41) is 0. The SMILES string of the molecule is Cc1cc(C(F)(F)F)ccc1-c1cnc(N)[nH]1. The molecule has 0 saturated heterocycles. The average molecular weight is 241 g/mol. The molecule has 0 radical (unpaired) electrons. The molecule has 1 aromatic heterocycles. The van der Waals surface area contributed by atoms with Gasteiger partial charge < -0.3 is 10.7 Å². The maximum absolute atomic E-state index is 12.5. The molecule has 6 heteroatoms. The number of anilines is 1. The molecule has 0 fully saturated rings. The smallest absolute Gasteiger partial charge is 0.369 e. The Kier molecular flexibility index (Phi) is 2.57. The standard InChI is InChI=1S/C11H10F3N3/c1-6-4-7(11(12,13)14)2-3-8(6)9-5-16-10(15)17-9/h2-5H,1H3,(H3,15,16,17). The highest BCUT2D eigenvalue weighted by Crippen LogP contribution is 2.32. The van der Waals surface area contributed by atoms with Crippen molar-refractivity contribution in [2.24, 2.45) is 0 Å². The lowest BCUT2D eigenvalue weighted by Gasteiger charge is -2.09. The molecule has 17 heavy (non-hydrogen) atoms. The predicted octanol–water partition coefficient (Wildman–Crippen LogP) is 2.99. The molecule has 0 bridgehead atoms. The van der Waals surface area contributed by atoms with E-state index >= 15 is 0 Å². The van der Waals surface area contributed by atoms with E-state index in [0.29, 0.717) is 16.8 Å². The number of hydrogen-bond donors (Lipinski definition) is 2. The Morgan fingerprint density at radius 3 is 2.47 bits per heavy atom. The van der Waals surface area contributed by atoms with Crippen molar-refractivity contribution >= 4 is 5.95 Å². The van der Waals surface area contributed by atoms with Crippen molar-refractivity contribution in [1.82, 2.24) is 9.97 Å². The number of H-pyrrole nitrogens is 1. The first-order chi connectivity index (χ1) is 7.88. The third-order valence-corrected chi connectivity index (χ3v) is 2.44. The van der Waals surface area contributed by atoms with Crippen molar-refractivity contribution in [1.29, 1.82) is 0 Å². The summed E-state index contributed by atoms with van der Waals surface area (Å²) in [6.07, 6.45) is -2.83. The van der Waals surface area contributed by atoms with Crippen LogP contribution in [0.3, 0.4) is 0 Å². The van der Waals surface area contributed by atoms with Gasteiger partial charge in [-0.05, 0) is 24.6 Å². The quantitative estimate of drug-likeness (QED) is 0.806. The zero-order chi connectivity index (χ0) is 12.6. The van der Waals surface area contributed by atoms with Gasteiger partial charge in [-0.15, -0.1) is 0 Å². The van der Waals surface area contributed by atoms with Gasteiger partial charge in [0, 0.05) is 5.56 Å². The molecule has 90 valence electrons. The Morgan fingerprint density at radius 1 is 1.29 bits per heavy atom. The Balaban J connectivity index is 2.45. The predicted molar refractivity (Wildman–Crippen MR) is 58.2 cm³/mol. The van der Waals surface area contributed by atoms with Crippen LogP contribution in [0.15, 0.2) is 24.4 Å². The number of aryl methyl sites for hydroxylation is 1. The van der Waals surface area contributed by atoms with Crippen LogP contribution in [0.5, 0.6) is 0 Å². The van der Waals surface area contributed by atoms with Gasteiger partial charge in [0.1, 0.15) is 0 Å². The van der Waals surface area contributed by atoms with E-state index in [4.69, 9.17) is 5.73 Å². The number of hydrogen-bond acceptors (Lipinski definition) is 2. The summed E-state index contributed by atoms with van der Waals surface area (Å²) in [6.45, 7) is 1.61. The summed E-state index contributed by atoms with van der Waals surface area (Å²) in [7, 11) is 0. The highest BCUT2D eigenvalue weighted by Gasteiger charge is 2.30. The van der Waals surface area contributed by atoms with Gasteiger partial charge >= 0.3 is 6.18 Å². The van der Waals surface area contributed by atoms with E-state index in [1.54, 1.807) is 6.92 Å². The minimum Gasteiger partial charge on any atom is -0.369 e. The lowest BCUT2D eigenvalue weighted by Crippen LogP contribution is -2.05. The average Bonchev–Trinajstić information content (AvgIpc) is 2.63. The van der Waals surface area contributed by atoms with Gasteiger partial charge in [0.05, 0.1) is 17.5 Å². The number of rotatable bonds is 1. The molecule has 0 aliphatic rings. The van der Waals surface area contributed by atoms with E-state index in [1.165, 1.54) is 12.3 Å². The maximum Gasteiger partial charge on any atom is 0.416 e. The number of imidazole rings is 1. The third-order valence-electron chi connectivity index (χ3n) is 2.44. The molecular weight excluding hydrogens is 231 g/mol. The van der Waals surface area contributed by atoms with Crippen molar-refractivity contribution in [2.75, 3.05) is 5.73 Å². The van der Waals surface area contributed by atoms with E-state index in [2.05, 4.69) is 9.97 Å². The molecular formula is C11H10F3N3. The fourth-order valence-corrected chi connectivity index (χ4v) is 1.62. The molecule has 0 unspecified atom stereocenters. The number of halogens is 3. The summed E-state index contributed by atoms with van der Waals surface area (Å²) in [6, 6.07) is 3.55. The maximum atomic E-state index is 12.5. The molecule has 1 heterocycles. The van der Waals surface area contributed by atoms with Crippen LogP contribution in [0.4, 0.5) is 19.1 Å². The monoisotopic (exact) mass is 241 g/mol. The van der Waals surface area contributed by atoms with Crippen LogP contribution < -0.4 is 5.73 Å². The van der Waals surface area contributed by atoms with Crippen LogP contribution in [-0.2, 0) is 6.18 Å². The molecule has 1 aromatic carbocycles. The van der Waals surface area contributed by atoms with Gasteiger partial charge in [0.25, 0.3) is 0 Å². The number of aromatic amines is 1. The Labute approximate surface area is 95.5 Å². The van der Waals surface area contributed by atoms with Crippen LogP contribution in [0.2, 0.25) is 0 Å². The molecule has 2 rings (SSSR count). The third kappa shape index (κ3) is 2.25. The van der Waals surface area contributed by atoms with Crippen LogP contribution in [0.1, 0.15) is 11.1 Å². The van der Waals surface area contributed by atoms with Crippen molar-refractivity contribution in [3.05, 3.63) is 35.5 Å². The lowest BCUT2D eigenvalue weighted by atomic mass is 10.0. The van der Waals surface area contributed by atoms with Gasteiger partial charge in [-0.2, -0.15) is 13.2 Å². The van der Waals surface area contributed by atoms with Crippen molar-refractivity contribution in [3.8, 4) is 11.3 Å². The van der Waals surface area contributed by atoms with E-state index in [1.807, 2.05) is 0 Å². The first-order valence-electron chi connectivity index (χ1n) is 4.86. The Bertz CT molecular complexity index is 543. The van der Waals surface area contributed by atoms with Crippen molar-refractivity contribution < 1.29 is 13.2 Å². The molecule has 0 amide bonds. The van der Waals surface area contributed by atoms with Crippen LogP contribution in [0.25, 0.3) is 11.3 Å². The number of aromatic nitrogens is 2.